The summed E-state index contributed by atoms with van der Waals surface area (Å²) in [5, 5.41) is 0. The first-order chi connectivity index (χ1) is 5.13. The Hall–Kier alpha value is -0.0800. The van der Waals surface area contributed by atoms with Crippen molar-refractivity contribution in [3.05, 3.63) is 0 Å². The van der Waals surface area contributed by atoms with Crippen molar-refractivity contribution in [3.63, 3.8) is 0 Å². The van der Waals surface area contributed by atoms with Crippen molar-refractivity contribution < 1.29 is 4.74 Å². The molecule has 2 nitrogen and oxygen atoms in total. The zero-order chi connectivity index (χ0) is 8.48. The van der Waals surface area contributed by atoms with Crippen LogP contribution in [0, 0.1) is 11.3 Å². The van der Waals surface area contributed by atoms with Crippen LogP contribution in [0.2, 0.25) is 0 Å². The predicted molar refractivity (Wildman–Crippen MR) is 46.4 cm³/mol. The quantitative estimate of drug-likeness (QED) is 0.657. The van der Waals surface area contributed by atoms with Gasteiger partial charge in [0.2, 0.25) is 0 Å². The first-order valence-electron chi connectivity index (χ1n) is 4.45. The van der Waals surface area contributed by atoms with E-state index in [-0.39, 0.29) is 5.41 Å². The van der Waals surface area contributed by atoms with E-state index in [0.29, 0.717) is 12.0 Å². The molecule has 0 aromatic rings. The van der Waals surface area contributed by atoms with Crippen LogP contribution in [0.1, 0.15) is 27.2 Å². The molecule has 2 atom stereocenters. The zero-order valence-corrected chi connectivity index (χ0v) is 7.76. The Bertz CT molecular complexity index is 136. The summed E-state index contributed by atoms with van der Waals surface area (Å²) in [4.78, 5) is 0. The van der Waals surface area contributed by atoms with Crippen molar-refractivity contribution in [2.45, 2.75) is 33.3 Å². The van der Waals surface area contributed by atoms with E-state index in [1.165, 1.54) is 0 Å². The minimum atomic E-state index is 0.250. The van der Waals surface area contributed by atoms with Gasteiger partial charge in [0.1, 0.15) is 0 Å². The van der Waals surface area contributed by atoms with Gasteiger partial charge in [-0.3, -0.25) is 0 Å². The summed E-state index contributed by atoms with van der Waals surface area (Å²) in [5.74, 6) is 0.630. The summed E-state index contributed by atoms with van der Waals surface area (Å²) >= 11 is 0. The molecule has 2 N–H and O–H groups in total. The number of hydrogen-bond donors (Lipinski definition) is 1. The van der Waals surface area contributed by atoms with Crippen LogP contribution in [0.15, 0.2) is 0 Å². The van der Waals surface area contributed by atoms with Crippen LogP contribution in [0.5, 0.6) is 0 Å². The highest BCUT2D eigenvalue weighted by Gasteiger charge is 2.42. The Morgan fingerprint density at radius 2 is 2.27 bits per heavy atom. The van der Waals surface area contributed by atoms with E-state index >= 15 is 0 Å². The molecule has 1 saturated heterocycles. The lowest BCUT2D eigenvalue weighted by molar-refractivity contribution is 0.0428. The van der Waals surface area contributed by atoms with Crippen LogP contribution in [-0.4, -0.2) is 19.3 Å². The maximum Gasteiger partial charge on any atom is 0.0618 e. The lowest BCUT2D eigenvalue weighted by Gasteiger charge is -2.34. The highest BCUT2D eigenvalue weighted by molar-refractivity contribution is 4.92. The van der Waals surface area contributed by atoms with E-state index in [1.54, 1.807) is 0 Å². The Kier molecular flexibility index (Phi) is 2.55. The van der Waals surface area contributed by atoms with Gasteiger partial charge < -0.3 is 10.5 Å². The van der Waals surface area contributed by atoms with Crippen molar-refractivity contribution in [2.75, 3.05) is 13.2 Å². The van der Waals surface area contributed by atoms with E-state index in [2.05, 4.69) is 20.8 Å². The summed E-state index contributed by atoms with van der Waals surface area (Å²) in [7, 11) is 0. The summed E-state index contributed by atoms with van der Waals surface area (Å²) < 4.78 is 5.54. The molecule has 1 rings (SSSR count). The molecule has 66 valence electrons. The van der Waals surface area contributed by atoms with Crippen molar-refractivity contribution in [2.24, 2.45) is 17.1 Å². The van der Waals surface area contributed by atoms with E-state index in [0.717, 1.165) is 19.6 Å². The molecule has 0 spiro atoms. The molecule has 0 aromatic heterocycles. The Morgan fingerprint density at radius 1 is 1.64 bits per heavy atom. The number of rotatable bonds is 2. The third-order valence-corrected chi connectivity index (χ3v) is 3.27. The number of nitrogens with two attached hydrogens (primary N) is 1. The van der Waals surface area contributed by atoms with Gasteiger partial charge in [-0.2, -0.15) is 0 Å². The minimum Gasteiger partial charge on any atom is -0.378 e. The van der Waals surface area contributed by atoms with Crippen molar-refractivity contribution >= 4 is 0 Å². The van der Waals surface area contributed by atoms with Gasteiger partial charge in [-0.05, 0) is 19.3 Å². The highest BCUT2D eigenvalue weighted by atomic mass is 16.5. The van der Waals surface area contributed by atoms with Gasteiger partial charge in [-0.15, -0.1) is 0 Å². The van der Waals surface area contributed by atoms with Gasteiger partial charge in [0.15, 0.2) is 0 Å². The van der Waals surface area contributed by atoms with E-state index < -0.39 is 0 Å². The van der Waals surface area contributed by atoms with Gasteiger partial charge in [0.25, 0.3) is 0 Å². The fraction of sp³-hybridized carbons (Fsp3) is 1.00. The fourth-order valence-electron chi connectivity index (χ4n) is 2.06. The summed E-state index contributed by atoms with van der Waals surface area (Å²) in [6.07, 6.45) is 1.47. The topological polar surface area (TPSA) is 35.2 Å². The molecular weight excluding hydrogens is 138 g/mol. The predicted octanol–water partition coefficient (Wildman–Crippen LogP) is 1.40. The summed E-state index contributed by atoms with van der Waals surface area (Å²) in [6.45, 7) is 8.25. The molecule has 0 bridgehead atoms. The second-order valence-corrected chi connectivity index (χ2v) is 3.86. The van der Waals surface area contributed by atoms with Crippen LogP contribution >= 0.6 is 0 Å². The molecule has 0 aromatic carbocycles. The molecule has 2 unspecified atom stereocenters. The fourth-order valence-corrected chi connectivity index (χ4v) is 2.06. The molecule has 1 fully saturated rings. The van der Waals surface area contributed by atoms with Crippen molar-refractivity contribution in [1.29, 1.82) is 0 Å². The largest absolute Gasteiger partial charge is 0.378 e. The van der Waals surface area contributed by atoms with Crippen LogP contribution in [0.4, 0.5) is 0 Å². The lowest BCUT2D eigenvalue weighted by Crippen LogP contribution is -2.41. The molecule has 1 aliphatic heterocycles. The van der Waals surface area contributed by atoms with Gasteiger partial charge in [-0.25, -0.2) is 0 Å². The van der Waals surface area contributed by atoms with Crippen LogP contribution in [0.3, 0.4) is 0 Å². The average Bonchev–Trinajstić information content (AvgIpc) is 2.32. The smallest absolute Gasteiger partial charge is 0.0618 e. The normalized spacial score (nSPS) is 38.5. The van der Waals surface area contributed by atoms with Gasteiger partial charge in [-0.1, -0.05) is 13.8 Å². The van der Waals surface area contributed by atoms with Crippen LogP contribution in [0.25, 0.3) is 0 Å². The average molecular weight is 157 g/mol. The molecular formula is C9H19NO. The molecule has 0 aliphatic carbocycles. The van der Waals surface area contributed by atoms with Gasteiger partial charge in [0.05, 0.1) is 6.10 Å². The van der Waals surface area contributed by atoms with Crippen molar-refractivity contribution in [3.8, 4) is 0 Å². The molecule has 11 heavy (non-hydrogen) atoms. The second-order valence-electron chi connectivity index (χ2n) is 3.86. The molecule has 1 heterocycles. The van der Waals surface area contributed by atoms with Gasteiger partial charge >= 0.3 is 0 Å². The second kappa shape index (κ2) is 3.11. The van der Waals surface area contributed by atoms with Crippen molar-refractivity contribution in [1.82, 2.24) is 0 Å². The van der Waals surface area contributed by atoms with Crippen LogP contribution < -0.4 is 5.73 Å². The maximum absolute atomic E-state index is 5.78. The standard InChI is InChI=1S/C9H19NO/c1-7(2)9(6-10)4-5-11-8(9)3/h7-8H,4-6,10H2,1-3H3. The van der Waals surface area contributed by atoms with E-state index in [9.17, 15) is 0 Å². The molecule has 2 heteroatoms. The zero-order valence-electron chi connectivity index (χ0n) is 7.76. The highest BCUT2D eigenvalue weighted by Crippen LogP contribution is 2.40. The summed E-state index contributed by atoms with van der Waals surface area (Å²) in [5.41, 5.74) is 6.03. The molecule has 1 aliphatic rings. The van der Waals surface area contributed by atoms with E-state index in [1.807, 2.05) is 0 Å². The monoisotopic (exact) mass is 157 g/mol. The lowest BCUT2D eigenvalue weighted by atomic mass is 9.72. The summed E-state index contributed by atoms with van der Waals surface area (Å²) in [6, 6.07) is 0. The van der Waals surface area contributed by atoms with E-state index in [4.69, 9.17) is 10.5 Å². The Morgan fingerprint density at radius 3 is 2.45 bits per heavy atom. The SMILES string of the molecule is CC(C)C1(CN)CCOC1C. The maximum atomic E-state index is 5.78. The third-order valence-electron chi connectivity index (χ3n) is 3.27. The minimum absolute atomic E-state index is 0.250. The number of ether oxygens (including phenoxy) is 1. The molecule has 0 radical (unpaired) electrons. The van der Waals surface area contributed by atoms with Gasteiger partial charge in [0, 0.05) is 18.6 Å². The first-order valence-corrected chi connectivity index (χ1v) is 4.45. The third kappa shape index (κ3) is 1.30. The number of hydrogen-bond acceptors (Lipinski definition) is 2. The molecule has 0 saturated carbocycles. The van der Waals surface area contributed by atoms with Crippen LogP contribution in [-0.2, 0) is 4.74 Å². The Labute approximate surface area is 69.1 Å². The molecule has 0 amide bonds. The Balaban J connectivity index is 2.73. The first kappa shape index (κ1) is 9.01.